The molecule has 0 saturated heterocycles. The monoisotopic (exact) mass is 564 g/mol. The van der Waals surface area contributed by atoms with Crippen molar-refractivity contribution in [2.75, 3.05) is 0 Å². The Hall–Kier alpha value is 6.58. The second-order valence-electron chi connectivity index (χ2n) is 0. The summed E-state index contributed by atoms with van der Waals surface area (Å²) in [4.78, 5) is 0. The standard InChI is InChI=1S/CH3.H2N.6Y/h1H3;1H2;;;;;;/q2*-1;;;;;;. The van der Waals surface area contributed by atoms with E-state index in [1.165, 1.54) is 0 Å². The molecule has 0 aliphatic heterocycles. The van der Waals surface area contributed by atoms with Gasteiger partial charge < -0.3 is 13.6 Å². The minimum atomic E-state index is 0. The van der Waals surface area contributed by atoms with Gasteiger partial charge in [0.05, 0.1) is 0 Å². The van der Waals surface area contributed by atoms with Crippen LogP contribution in [0.3, 0.4) is 0 Å². The summed E-state index contributed by atoms with van der Waals surface area (Å²) in [5.74, 6) is 0. The van der Waals surface area contributed by atoms with Gasteiger partial charge in [-0.25, -0.2) is 0 Å². The maximum atomic E-state index is 0. The third kappa shape index (κ3) is 39.0. The van der Waals surface area contributed by atoms with E-state index in [4.69, 9.17) is 0 Å². The largest absolute Gasteiger partial charge is 0.693 e. The van der Waals surface area contributed by atoms with Crippen molar-refractivity contribution in [3.63, 3.8) is 0 Å². The molecule has 0 aliphatic rings. The average Bonchev–Trinajstić information content (AvgIpc) is 0. The Morgan fingerprint density at radius 3 is 0.375 bits per heavy atom. The molecule has 0 rings (SSSR count). The predicted octanol–water partition coefficient (Wildman–Crippen LogP) is 1.15. The Labute approximate surface area is 203 Å². The Bertz CT molecular complexity index is 8.49. The van der Waals surface area contributed by atoms with E-state index in [0.717, 1.165) is 0 Å². The Kier molecular flexibility index (Phi) is 385. The molecule has 0 spiro atoms. The molecule has 0 aromatic carbocycles. The van der Waals surface area contributed by atoms with Gasteiger partial charge in [0.2, 0.25) is 0 Å². The fourth-order valence-electron chi connectivity index (χ4n) is 0. The molecule has 0 atom stereocenters. The third-order valence-electron chi connectivity index (χ3n) is 0. The molecular formula is CH5NY6-2. The van der Waals surface area contributed by atoms with Gasteiger partial charge in [-0.15, -0.1) is 0 Å². The summed E-state index contributed by atoms with van der Waals surface area (Å²) in [7, 11) is 0. The van der Waals surface area contributed by atoms with E-state index < -0.39 is 0 Å². The van der Waals surface area contributed by atoms with Crippen LogP contribution >= 0.6 is 0 Å². The van der Waals surface area contributed by atoms with Gasteiger partial charge in [-0.2, -0.15) is 0 Å². The molecule has 2 N–H and O–H groups in total. The van der Waals surface area contributed by atoms with Crippen molar-refractivity contribution in [2.45, 2.75) is 0 Å². The van der Waals surface area contributed by atoms with Crippen LogP contribution in [0.25, 0.3) is 6.15 Å². The Morgan fingerprint density at radius 2 is 0.375 bits per heavy atom. The maximum absolute atomic E-state index is 0. The molecule has 0 saturated carbocycles. The van der Waals surface area contributed by atoms with Crippen molar-refractivity contribution < 1.29 is 196 Å². The van der Waals surface area contributed by atoms with Gasteiger partial charge in [-0.1, -0.05) is 0 Å². The molecule has 7 heteroatoms. The van der Waals surface area contributed by atoms with E-state index in [1.54, 1.807) is 0 Å². The van der Waals surface area contributed by atoms with Gasteiger partial charge in [0.25, 0.3) is 0 Å². The van der Waals surface area contributed by atoms with Gasteiger partial charge in [0.15, 0.2) is 0 Å². The molecule has 0 amide bonds. The molecule has 6 radical (unpaired) electrons. The van der Waals surface area contributed by atoms with Crippen LogP contribution in [-0.2, 0) is 196 Å². The van der Waals surface area contributed by atoms with Crippen molar-refractivity contribution in [3.05, 3.63) is 13.6 Å². The van der Waals surface area contributed by atoms with Crippen molar-refractivity contribution in [2.24, 2.45) is 0 Å². The van der Waals surface area contributed by atoms with E-state index >= 15 is 0 Å². The first-order chi connectivity index (χ1) is 0. The van der Waals surface area contributed by atoms with Crippen molar-refractivity contribution in [1.82, 2.24) is 0 Å². The molecule has 34 valence electrons. The minimum Gasteiger partial charge on any atom is -0.693 e. The molecule has 8 heavy (non-hydrogen) atoms. The summed E-state index contributed by atoms with van der Waals surface area (Å²) < 4.78 is 0. The Morgan fingerprint density at radius 1 is 0.375 bits per heavy atom. The van der Waals surface area contributed by atoms with Crippen LogP contribution < -0.4 is 0 Å². The van der Waals surface area contributed by atoms with Crippen LogP contribution in [-0.4, -0.2) is 0 Å². The van der Waals surface area contributed by atoms with Crippen LogP contribution in [0.5, 0.6) is 0 Å². The van der Waals surface area contributed by atoms with Gasteiger partial charge in [0.1, 0.15) is 0 Å². The number of hydrogen-bond donors (Lipinski definition) is 0. The second-order valence-corrected chi connectivity index (χ2v) is 0. The average molecular weight is 564 g/mol. The zero-order valence-electron chi connectivity index (χ0n) is 5.04. The zero-order chi connectivity index (χ0) is 0. The normalized spacial score (nSPS) is 0. The summed E-state index contributed by atoms with van der Waals surface area (Å²) in [6, 6.07) is 0. The zero-order valence-corrected chi connectivity index (χ0v) is 22.1. The Balaban J connectivity index is 0. The van der Waals surface area contributed by atoms with E-state index in [0.29, 0.717) is 0 Å². The quantitative estimate of drug-likeness (QED) is 0.396. The molecule has 0 unspecified atom stereocenters. The fourth-order valence-corrected chi connectivity index (χ4v) is 0. The molecule has 0 heterocycles. The number of nitrogens with two attached hydrogens (primary N) is 1. The van der Waals surface area contributed by atoms with Gasteiger partial charge in [0, 0.05) is 196 Å². The van der Waals surface area contributed by atoms with Crippen molar-refractivity contribution >= 4 is 0 Å². The first-order valence-corrected chi connectivity index (χ1v) is 0. The second kappa shape index (κ2) is 49.6. The first-order valence-electron chi connectivity index (χ1n) is 0. The molecular weight excluding hydrogens is 559 g/mol. The number of rotatable bonds is 0. The SMILES string of the molecule is [CH3-].[NH2-].[Y].[Y].[Y].[Y].[Y].[Y]. The van der Waals surface area contributed by atoms with Crippen molar-refractivity contribution in [3.8, 4) is 0 Å². The third-order valence-corrected chi connectivity index (χ3v) is 0. The van der Waals surface area contributed by atoms with E-state index in [1.807, 2.05) is 0 Å². The van der Waals surface area contributed by atoms with Crippen LogP contribution in [0.15, 0.2) is 0 Å². The number of hydrogen-bond acceptors (Lipinski definition) is 0. The summed E-state index contributed by atoms with van der Waals surface area (Å²) >= 11 is 0. The van der Waals surface area contributed by atoms with E-state index in [2.05, 4.69) is 0 Å². The molecule has 0 aromatic rings. The maximum Gasteiger partial charge on any atom is 0 e. The molecule has 0 bridgehead atoms. The van der Waals surface area contributed by atoms with E-state index in [9.17, 15) is 0 Å². The first kappa shape index (κ1) is 62.1. The van der Waals surface area contributed by atoms with Gasteiger partial charge >= 0.3 is 0 Å². The van der Waals surface area contributed by atoms with Gasteiger partial charge in [-0.3, -0.25) is 0 Å². The summed E-state index contributed by atoms with van der Waals surface area (Å²) in [6.45, 7) is 0. The van der Waals surface area contributed by atoms with Crippen LogP contribution in [0.4, 0.5) is 0 Å². The molecule has 1 nitrogen and oxygen atoms in total. The smallest absolute Gasteiger partial charge is 0 e. The van der Waals surface area contributed by atoms with E-state index in [-0.39, 0.29) is 210 Å². The summed E-state index contributed by atoms with van der Waals surface area (Å²) in [6.07, 6.45) is 0. The van der Waals surface area contributed by atoms with Crippen molar-refractivity contribution in [1.29, 1.82) is 0 Å². The fraction of sp³-hybridized carbons (Fsp3) is 0. The molecule has 0 aliphatic carbocycles. The minimum absolute atomic E-state index is 0. The van der Waals surface area contributed by atoms with Crippen LogP contribution in [0, 0.1) is 7.43 Å². The van der Waals surface area contributed by atoms with Crippen LogP contribution in [0.1, 0.15) is 0 Å². The van der Waals surface area contributed by atoms with Gasteiger partial charge in [-0.05, 0) is 0 Å². The molecule has 0 fully saturated rings. The van der Waals surface area contributed by atoms with Crippen LogP contribution in [0.2, 0.25) is 0 Å². The summed E-state index contributed by atoms with van der Waals surface area (Å²) in [5, 5.41) is 0. The topological polar surface area (TPSA) is 33.5 Å². The summed E-state index contributed by atoms with van der Waals surface area (Å²) in [5.41, 5.74) is 0. The molecule has 0 aromatic heterocycles. The predicted molar refractivity (Wildman–Crippen MR) is 11.7 cm³/mol.